The summed E-state index contributed by atoms with van der Waals surface area (Å²) in [6.07, 6.45) is 4.45. The summed E-state index contributed by atoms with van der Waals surface area (Å²) >= 11 is 0. The second-order valence-electron chi connectivity index (χ2n) is 5.03. The monoisotopic (exact) mass is 262 g/mol. The molecule has 0 radical (unpaired) electrons. The Morgan fingerprint density at radius 1 is 1.24 bits per heavy atom. The van der Waals surface area contributed by atoms with Gasteiger partial charge in [-0.3, -0.25) is 5.43 Å². The molecule has 0 aromatic rings. The Morgan fingerprint density at radius 3 is 2.35 bits per heavy atom. The van der Waals surface area contributed by atoms with Crippen molar-refractivity contribution >= 4 is 9.84 Å². The van der Waals surface area contributed by atoms with Crippen LogP contribution in [-0.2, 0) is 9.84 Å². The normalized spacial score (nSPS) is 27.2. The molecule has 2 atom stereocenters. The first-order valence-electron chi connectivity index (χ1n) is 6.68. The molecule has 1 rings (SSSR count). The van der Waals surface area contributed by atoms with Crippen LogP contribution in [0.25, 0.3) is 0 Å². The third-order valence-corrected chi connectivity index (χ3v) is 5.35. The summed E-state index contributed by atoms with van der Waals surface area (Å²) < 4.78 is 22.7. The lowest BCUT2D eigenvalue weighted by molar-refractivity contribution is 0.0467. The van der Waals surface area contributed by atoms with Gasteiger partial charge in [-0.05, 0) is 33.1 Å². The van der Waals surface area contributed by atoms with Gasteiger partial charge in [0.25, 0.3) is 0 Å². The van der Waals surface area contributed by atoms with Gasteiger partial charge in [-0.25, -0.2) is 13.4 Å². The van der Waals surface area contributed by atoms with Gasteiger partial charge in [-0.2, -0.15) is 0 Å². The summed E-state index contributed by atoms with van der Waals surface area (Å²) in [5, 5.41) is 2.29. The minimum Gasteiger partial charge on any atom is -0.255 e. The Kier molecular flexibility index (Phi) is 5.89. The molecule has 4 nitrogen and oxygen atoms in total. The molecule has 1 heterocycles. The fourth-order valence-electron chi connectivity index (χ4n) is 2.38. The third-order valence-electron chi connectivity index (χ3n) is 3.56. The maximum absolute atomic E-state index is 11.3. The van der Waals surface area contributed by atoms with Gasteiger partial charge in [0, 0.05) is 24.4 Å². The zero-order valence-electron chi connectivity index (χ0n) is 11.3. The molecular formula is C12H26N2O2S. The van der Waals surface area contributed by atoms with E-state index in [1.165, 1.54) is 19.3 Å². The van der Waals surface area contributed by atoms with E-state index in [9.17, 15) is 8.42 Å². The lowest BCUT2D eigenvalue weighted by Crippen LogP contribution is -2.52. The molecule has 0 aromatic carbocycles. The van der Waals surface area contributed by atoms with Crippen molar-refractivity contribution < 1.29 is 8.42 Å². The largest absolute Gasteiger partial charge is 0.255 e. The number of hydrazine groups is 1. The Bertz CT molecular complexity index is 306. The Hall–Kier alpha value is -0.130. The number of nitrogens with one attached hydrogen (secondary N) is 1. The first-order valence-corrected chi connectivity index (χ1v) is 8.50. The van der Waals surface area contributed by atoms with Crippen LogP contribution in [0.15, 0.2) is 0 Å². The molecule has 5 heteroatoms. The number of hydrogen-bond donors (Lipinski definition) is 1. The highest BCUT2D eigenvalue weighted by molar-refractivity contribution is 7.91. The van der Waals surface area contributed by atoms with E-state index >= 15 is 0 Å². The van der Waals surface area contributed by atoms with Gasteiger partial charge in [0.15, 0.2) is 0 Å². The van der Waals surface area contributed by atoms with E-state index in [1.807, 2.05) is 0 Å². The van der Waals surface area contributed by atoms with Crippen LogP contribution in [-0.4, -0.2) is 43.6 Å². The van der Waals surface area contributed by atoms with Gasteiger partial charge in [-0.1, -0.05) is 13.3 Å². The SMILES string of the molecule is CCS(=O)(=O)CCCNN1C(C)CCCC1C. The van der Waals surface area contributed by atoms with Crippen LogP contribution in [0.3, 0.4) is 0 Å². The number of piperidine rings is 1. The highest BCUT2D eigenvalue weighted by Gasteiger charge is 2.23. The van der Waals surface area contributed by atoms with Crippen LogP contribution >= 0.6 is 0 Å². The molecule has 0 saturated carbocycles. The van der Waals surface area contributed by atoms with E-state index < -0.39 is 9.84 Å². The van der Waals surface area contributed by atoms with Gasteiger partial charge >= 0.3 is 0 Å². The first kappa shape index (κ1) is 14.9. The van der Waals surface area contributed by atoms with Crippen molar-refractivity contribution in [1.29, 1.82) is 0 Å². The Balaban J connectivity index is 2.26. The van der Waals surface area contributed by atoms with E-state index in [1.54, 1.807) is 6.92 Å². The van der Waals surface area contributed by atoms with Crippen molar-refractivity contribution in [3.8, 4) is 0 Å². The lowest BCUT2D eigenvalue weighted by atomic mass is 10.00. The molecule has 0 aromatic heterocycles. The van der Waals surface area contributed by atoms with E-state index in [0.29, 0.717) is 24.3 Å². The molecule has 0 spiro atoms. The molecule has 0 aliphatic carbocycles. The van der Waals surface area contributed by atoms with Crippen LogP contribution in [0.1, 0.15) is 46.5 Å². The molecule has 102 valence electrons. The number of rotatable bonds is 6. The van der Waals surface area contributed by atoms with E-state index in [2.05, 4.69) is 24.3 Å². The summed E-state index contributed by atoms with van der Waals surface area (Å²) in [4.78, 5) is 0. The molecule has 1 saturated heterocycles. The van der Waals surface area contributed by atoms with Crippen LogP contribution in [0.4, 0.5) is 0 Å². The molecular weight excluding hydrogens is 236 g/mol. The number of hydrogen-bond acceptors (Lipinski definition) is 4. The molecule has 0 bridgehead atoms. The maximum atomic E-state index is 11.3. The molecule has 1 N–H and O–H groups in total. The number of sulfone groups is 1. The molecule has 1 fully saturated rings. The van der Waals surface area contributed by atoms with Crippen molar-refractivity contribution in [2.45, 2.75) is 58.5 Å². The van der Waals surface area contributed by atoms with Gasteiger partial charge in [0.1, 0.15) is 9.84 Å². The minimum atomic E-state index is -2.81. The van der Waals surface area contributed by atoms with Gasteiger partial charge in [0.2, 0.25) is 0 Å². The summed E-state index contributed by atoms with van der Waals surface area (Å²) in [7, 11) is -2.81. The molecule has 1 aliphatic heterocycles. The quantitative estimate of drug-likeness (QED) is 0.738. The van der Waals surface area contributed by atoms with Crippen LogP contribution in [0.5, 0.6) is 0 Å². The second kappa shape index (κ2) is 6.71. The van der Waals surface area contributed by atoms with Crippen molar-refractivity contribution in [2.24, 2.45) is 0 Å². The summed E-state index contributed by atoms with van der Waals surface area (Å²) in [6, 6.07) is 1.11. The Morgan fingerprint density at radius 2 is 1.82 bits per heavy atom. The Labute approximate surface area is 106 Å². The number of nitrogens with zero attached hydrogens (tertiary/aromatic N) is 1. The summed E-state index contributed by atoms with van der Waals surface area (Å²) in [5.41, 5.74) is 3.39. The van der Waals surface area contributed by atoms with E-state index in [0.717, 1.165) is 6.54 Å². The van der Waals surface area contributed by atoms with Gasteiger partial charge in [0.05, 0.1) is 5.75 Å². The van der Waals surface area contributed by atoms with Gasteiger partial charge < -0.3 is 0 Å². The summed E-state index contributed by atoms with van der Waals surface area (Å²) in [5.74, 6) is 0.552. The lowest BCUT2D eigenvalue weighted by Gasteiger charge is -2.39. The van der Waals surface area contributed by atoms with Crippen LogP contribution < -0.4 is 5.43 Å². The zero-order chi connectivity index (χ0) is 12.9. The molecule has 1 aliphatic rings. The average molecular weight is 262 g/mol. The predicted molar refractivity (Wildman–Crippen MR) is 71.6 cm³/mol. The fraction of sp³-hybridized carbons (Fsp3) is 1.00. The standard InChI is InChI=1S/C12H26N2O2S/c1-4-17(15,16)10-6-9-13-14-11(2)7-5-8-12(14)3/h11-13H,4-10H2,1-3H3. The highest BCUT2D eigenvalue weighted by Crippen LogP contribution is 2.19. The predicted octanol–water partition coefficient (Wildman–Crippen LogP) is 1.58. The first-order chi connectivity index (χ1) is 7.96. The van der Waals surface area contributed by atoms with E-state index in [4.69, 9.17) is 0 Å². The molecule has 2 unspecified atom stereocenters. The molecule has 0 amide bonds. The molecule has 17 heavy (non-hydrogen) atoms. The second-order valence-corrected chi connectivity index (χ2v) is 7.51. The fourth-order valence-corrected chi connectivity index (χ4v) is 3.25. The minimum absolute atomic E-state index is 0.253. The van der Waals surface area contributed by atoms with Crippen molar-refractivity contribution in [3.63, 3.8) is 0 Å². The summed E-state index contributed by atoms with van der Waals surface area (Å²) in [6.45, 7) is 6.92. The van der Waals surface area contributed by atoms with Crippen LogP contribution in [0.2, 0.25) is 0 Å². The van der Waals surface area contributed by atoms with Crippen LogP contribution in [0, 0.1) is 0 Å². The highest BCUT2D eigenvalue weighted by atomic mass is 32.2. The van der Waals surface area contributed by atoms with Crippen molar-refractivity contribution in [2.75, 3.05) is 18.1 Å². The van der Waals surface area contributed by atoms with Gasteiger partial charge in [-0.15, -0.1) is 0 Å². The van der Waals surface area contributed by atoms with E-state index in [-0.39, 0.29) is 5.75 Å². The van der Waals surface area contributed by atoms with Crippen molar-refractivity contribution in [1.82, 2.24) is 10.4 Å². The topological polar surface area (TPSA) is 49.4 Å². The third kappa shape index (κ3) is 4.94. The average Bonchev–Trinajstić information content (AvgIpc) is 2.27. The van der Waals surface area contributed by atoms with Crippen molar-refractivity contribution in [3.05, 3.63) is 0 Å². The maximum Gasteiger partial charge on any atom is 0.150 e. The zero-order valence-corrected chi connectivity index (χ0v) is 12.1. The smallest absolute Gasteiger partial charge is 0.150 e.